The van der Waals surface area contributed by atoms with E-state index >= 15 is 0 Å². The number of hydrogen-bond acceptors (Lipinski definition) is 7. The Balaban J connectivity index is 1.80. The molecular formula is C29H30N4O6S. The number of Topliss-reactive ketones (excluding diaryl/α,β-unsaturated/α-hetero) is 1. The van der Waals surface area contributed by atoms with E-state index in [-0.39, 0.29) is 27.8 Å². The predicted octanol–water partition coefficient (Wildman–Crippen LogP) is 2.98. The minimum Gasteiger partial charge on any atom is -0.466 e. The van der Waals surface area contributed by atoms with Crippen LogP contribution in [0.3, 0.4) is 0 Å². The van der Waals surface area contributed by atoms with Crippen LogP contribution in [0.4, 0.5) is 0 Å². The first-order valence-electron chi connectivity index (χ1n) is 12.6. The third kappa shape index (κ3) is 6.20. The largest absolute Gasteiger partial charge is 0.466 e. The molecule has 0 atom stereocenters. The van der Waals surface area contributed by atoms with Crippen LogP contribution >= 0.6 is 0 Å². The summed E-state index contributed by atoms with van der Waals surface area (Å²) in [5, 5.41) is 0. The van der Waals surface area contributed by atoms with Crippen LogP contribution in [0.2, 0.25) is 0 Å². The maximum Gasteiger partial charge on any atom is 0.289 e. The molecule has 0 unspecified atom stereocenters. The highest BCUT2D eigenvalue weighted by molar-refractivity contribution is 7.90. The van der Waals surface area contributed by atoms with Crippen molar-refractivity contribution in [3.63, 3.8) is 0 Å². The third-order valence-corrected chi connectivity index (χ3v) is 7.52. The van der Waals surface area contributed by atoms with Crippen molar-refractivity contribution < 1.29 is 27.5 Å². The van der Waals surface area contributed by atoms with Gasteiger partial charge in [0.25, 0.3) is 27.6 Å². The van der Waals surface area contributed by atoms with Crippen molar-refractivity contribution in [3.8, 4) is 5.88 Å². The summed E-state index contributed by atoms with van der Waals surface area (Å²) < 4.78 is 34.6. The van der Waals surface area contributed by atoms with E-state index in [4.69, 9.17) is 10.5 Å². The van der Waals surface area contributed by atoms with E-state index in [9.17, 15) is 22.8 Å². The Morgan fingerprint density at radius 2 is 1.65 bits per heavy atom. The number of rotatable bonds is 11. The van der Waals surface area contributed by atoms with E-state index in [1.807, 2.05) is 48.9 Å². The average molecular weight is 563 g/mol. The number of nitrogens with one attached hydrogen (secondary N) is 1. The highest BCUT2D eigenvalue weighted by atomic mass is 32.2. The Hall–Kier alpha value is -4.51. The summed E-state index contributed by atoms with van der Waals surface area (Å²) in [5.74, 6) is -2.95. The molecule has 2 aromatic heterocycles. The molecule has 4 rings (SSSR count). The fourth-order valence-electron chi connectivity index (χ4n) is 4.52. The van der Waals surface area contributed by atoms with E-state index in [1.165, 1.54) is 24.3 Å². The first kappa shape index (κ1) is 28.5. The minimum absolute atomic E-state index is 0.0620. The summed E-state index contributed by atoms with van der Waals surface area (Å²) in [6.07, 6.45) is 2.63. The number of carbonyl (C=O) groups is 3. The number of hydrogen-bond donors (Lipinski definition) is 2. The zero-order valence-corrected chi connectivity index (χ0v) is 23.2. The summed E-state index contributed by atoms with van der Waals surface area (Å²) in [4.78, 5) is 42.3. The van der Waals surface area contributed by atoms with Gasteiger partial charge in [-0.25, -0.2) is 18.1 Å². The van der Waals surface area contributed by atoms with Crippen LogP contribution in [0.15, 0.2) is 71.8 Å². The van der Waals surface area contributed by atoms with Gasteiger partial charge in [-0.1, -0.05) is 62.4 Å². The van der Waals surface area contributed by atoms with Gasteiger partial charge in [0.15, 0.2) is 6.61 Å². The number of aromatic nitrogens is 2. The first-order valence-corrected chi connectivity index (χ1v) is 14.1. The highest BCUT2D eigenvalue weighted by Crippen LogP contribution is 2.34. The second-order valence-corrected chi connectivity index (χ2v) is 11.5. The molecule has 0 saturated carbocycles. The van der Waals surface area contributed by atoms with Gasteiger partial charge >= 0.3 is 0 Å². The lowest BCUT2D eigenvalue weighted by molar-refractivity contribution is -0.121. The van der Waals surface area contributed by atoms with Gasteiger partial charge in [-0.15, -0.1) is 0 Å². The number of ketones is 1. The Bertz CT molecular complexity index is 1680. The molecule has 0 saturated heterocycles. The molecule has 0 aliphatic heterocycles. The molecule has 2 aromatic carbocycles. The number of carbonyl (C=O) groups excluding carboxylic acids is 3. The van der Waals surface area contributed by atoms with Crippen LogP contribution < -0.4 is 15.2 Å². The van der Waals surface area contributed by atoms with Crippen LogP contribution in [0.25, 0.3) is 5.52 Å². The lowest BCUT2D eigenvalue weighted by Crippen LogP contribution is -2.34. The van der Waals surface area contributed by atoms with Crippen LogP contribution in [-0.4, -0.2) is 42.0 Å². The zero-order valence-electron chi connectivity index (χ0n) is 22.4. The second-order valence-electron chi connectivity index (χ2n) is 9.79. The predicted molar refractivity (Wildman–Crippen MR) is 149 cm³/mol. The molecule has 0 fully saturated rings. The van der Waals surface area contributed by atoms with E-state index in [2.05, 4.69) is 4.98 Å². The van der Waals surface area contributed by atoms with Crippen molar-refractivity contribution in [2.24, 2.45) is 11.7 Å². The zero-order chi connectivity index (χ0) is 29.0. The van der Waals surface area contributed by atoms with Gasteiger partial charge in [0.2, 0.25) is 5.88 Å². The topological polar surface area (TPSA) is 150 Å². The first-order chi connectivity index (χ1) is 19.0. The van der Waals surface area contributed by atoms with Crippen molar-refractivity contribution >= 4 is 33.1 Å². The molecule has 2 heterocycles. The number of fused-ring (bicyclic) bond motifs is 1. The number of aryl methyl sites for hydroxylation is 1. The fraction of sp³-hybridized carbons (Fsp3) is 0.241. The van der Waals surface area contributed by atoms with Crippen molar-refractivity contribution in [2.75, 3.05) is 6.61 Å². The van der Waals surface area contributed by atoms with Crippen LogP contribution in [-0.2, 0) is 32.5 Å². The van der Waals surface area contributed by atoms with Gasteiger partial charge in [0.1, 0.15) is 5.52 Å². The molecule has 2 amide bonds. The van der Waals surface area contributed by atoms with Crippen LogP contribution in [0, 0.1) is 12.8 Å². The van der Waals surface area contributed by atoms with Gasteiger partial charge in [-0.05, 0) is 42.5 Å². The molecule has 40 heavy (non-hydrogen) atoms. The Morgan fingerprint density at radius 3 is 2.25 bits per heavy atom. The van der Waals surface area contributed by atoms with Crippen molar-refractivity contribution in [3.05, 3.63) is 94.9 Å². The molecule has 3 N–H and O–H groups in total. The quantitative estimate of drug-likeness (QED) is 0.211. The third-order valence-electron chi connectivity index (χ3n) is 6.13. The molecule has 10 nitrogen and oxygen atoms in total. The van der Waals surface area contributed by atoms with E-state index < -0.39 is 34.2 Å². The summed E-state index contributed by atoms with van der Waals surface area (Å²) >= 11 is 0. The number of sulfonamides is 1. The normalized spacial score (nSPS) is 11.5. The lowest BCUT2D eigenvalue weighted by atomic mass is 9.94. The summed E-state index contributed by atoms with van der Waals surface area (Å²) in [6.45, 7) is 4.99. The van der Waals surface area contributed by atoms with Crippen LogP contribution in [0.1, 0.15) is 46.7 Å². The Morgan fingerprint density at radius 1 is 1.02 bits per heavy atom. The highest BCUT2D eigenvalue weighted by Gasteiger charge is 2.30. The molecule has 0 radical (unpaired) electrons. The van der Waals surface area contributed by atoms with Crippen molar-refractivity contribution in [2.45, 2.75) is 38.5 Å². The van der Waals surface area contributed by atoms with Gasteiger partial charge in [0.05, 0.1) is 16.2 Å². The monoisotopic (exact) mass is 562 g/mol. The summed E-state index contributed by atoms with van der Waals surface area (Å²) in [6, 6.07) is 17.1. The minimum atomic E-state index is -4.12. The number of primary amides is 1. The van der Waals surface area contributed by atoms with Crippen molar-refractivity contribution in [1.29, 1.82) is 0 Å². The van der Waals surface area contributed by atoms with Gasteiger partial charge in [0, 0.05) is 18.3 Å². The van der Waals surface area contributed by atoms with Gasteiger partial charge in [-0.3, -0.25) is 14.4 Å². The van der Waals surface area contributed by atoms with Gasteiger partial charge in [-0.2, -0.15) is 0 Å². The van der Waals surface area contributed by atoms with Gasteiger partial charge < -0.3 is 14.9 Å². The molecule has 11 heteroatoms. The number of nitrogens with two attached hydrogens (primary N) is 1. The fourth-order valence-corrected chi connectivity index (χ4v) is 5.51. The molecule has 208 valence electrons. The smallest absolute Gasteiger partial charge is 0.289 e. The number of amides is 2. The molecular weight excluding hydrogens is 532 g/mol. The SMILES string of the molecule is Cc1cn2c(Cc3ccccc3)c(CC(C)C)c(C(=O)C(N)=O)c2c(OCC(=O)NS(=O)(=O)c2ccccc2)n1. The Labute approximate surface area is 232 Å². The molecule has 4 aromatic rings. The standard InChI is InChI=1S/C29H30N4O6S/c1-18(2)14-22-23(15-20-10-6-4-7-11-20)33-16-19(3)31-29(26(33)25(22)27(35)28(30)36)39-17-24(34)32-40(37,38)21-12-8-5-9-13-21/h4-13,16,18H,14-15,17H2,1-3H3,(H2,30,36)(H,32,34). The van der Waals surface area contributed by atoms with E-state index in [0.29, 0.717) is 24.1 Å². The molecule has 0 aliphatic carbocycles. The maximum atomic E-state index is 13.2. The molecule has 0 spiro atoms. The van der Waals surface area contributed by atoms with Crippen molar-refractivity contribution in [1.82, 2.24) is 14.1 Å². The number of ether oxygens (including phenoxy) is 1. The van der Waals surface area contributed by atoms with E-state index in [0.717, 1.165) is 11.3 Å². The van der Waals surface area contributed by atoms with E-state index in [1.54, 1.807) is 23.6 Å². The number of nitrogens with zero attached hydrogens (tertiary/aromatic N) is 2. The average Bonchev–Trinajstić information content (AvgIpc) is 3.19. The second kappa shape index (κ2) is 11.7. The Kier molecular flexibility index (Phi) is 8.34. The molecule has 0 bridgehead atoms. The molecule has 0 aliphatic rings. The maximum absolute atomic E-state index is 13.2. The summed E-state index contributed by atoms with van der Waals surface area (Å²) in [5.41, 5.74) is 8.59. The number of benzene rings is 2. The summed E-state index contributed by atoms with van der Waals surface area (Å²) in [7, 11) is -4.12. The lowest BCUT2D eigenvalue weighted by Gasteiger charge is -2.12. The van der Waals surface area contributed by atoms with Crippen LogP contribution in [0.5, 0.6) is 5.88 Å².